The zero-order valence-electron chi connectivity index (χ0n) is 15.4. The Bertz CT molecular complexity index is 793. The van der Waals surface area contributed by atoms with E-state index >= 15 is 0 Å². The molecule has 0 unspecified atom stereocenters. The normalized spacial score (nSPS) is 10.7. The largest absolute Gasteiger partial charge is 0.496 e. The maximum absolute atomic E-state index is 12.3. The lowest BCUT2D eigenvalue weighted by Gasteiger charge is -2.20. The van der Waals surface area contributed by atoms with Crippen LogP contribution >= 0.6 is 11.6 Å². The molecule has 2 rings (SSSR count). The molecule has 27 heavy (non-hydrogen) atoms. The number of carbonyl (C=O) groups is 2. The number of amides is 1. The number of carbonyl (C=O) groups excluding carboxylic acids is 1. The fraction of sp³-hybridized carbons (Fsp3) is 0.300. The number of hydrogen-bond acceptors (Lipinski definition) is 4. The molecule has 0 atom stereocenters. The standard InChI is InChI=1S/C20H23ClN2O4/c1-3-23(12-14-4-7-16(21)8-5-14)13-19(24)22-11-15-6-9-17(20(25)26)18(10-15)27-2/h4-10H,3,11-13H2,1-2H3,(H,22,24)(H,25,26). The molecule has 0 bridgehead atoms. The van der Waals surface area contributed by atoms with Crippen molar-refractivity contribution in [3.8, 4) is 5.75 Å². The summed E-state index contributed by atoms with van der Waals surface area (Å²) in [5.74, 6) is -0.887. The van der Waals surface area contributed by atoms with Crippen molar-refractivity contribution in [1.82, 2.24) is 10.2 Å². The molecule has 0 fully saturated rings. The van der Waals surface area contributed by atoms with Crippen molar-refractivity contribution in [2.75, 3.05) is 20.2 Å². The van der Waals surface area contributed by atoms with Gasteiger partial charge in [-0.3, -0.25) is 9.69 Å². The van der Waals surface area contributed by atoms with Gasteiger partial charge in [-0.25, -0.2) is 4.79 Å². The van der Waals surface area contributed by atoms with Crippen LogP contribution in [0.3, 0.4) is 0 Å². The topological polar surface area (TPSA) is 78.9 Å². The first-order valence-electron chi connectivity index (χ1n) is 8.56. The molecule has 0 heterocycles. The fourth-order valence-electron chi connectivity index (χ4n) is 2.61. The highest BCUT2D eigenvalue weighted by Crippen LogP contribution is 2.20. The molecule has 0 spiro atoms. The van der Waals surface area contributed by atoms with Gasteiger partial charge in [0.15, 0.2) is 0 Å². The predicted molar refractivity (Wildman–Crippen MR) is 104 cm³/mol. The number of hydrogen-bond donors (Lipinski definition) is 2. The van der Waals surface area contributed by atoms with Crippen LogP contribution in [0.1, 0.15) is 28.4 Å². The lowest BCUT2D eigenvalue weighted by atomic mass is 10.1. The quantitative estimate of drug-likeness (QED) is 0.687. The molecule has 0 aliphatic rings. The van der Waals surface area contributed by atoms with Gasteiger partial charge in [0.1, 0.15) is 11.3 Å². The van der Waals surface area contributed by atoms with Crippen LogP contribution in [0.15, 0.2) is 42.5 Å². The first kappa shape index (κ1) is 20.7. The summed E-state index contributed by atoms with van der Waals surface area (Å²) in [6.45, 7) is 3.95. The van der Waals surface area contributed by atoms with Crippen LogP contribution in [0.2, 0.25) is 5.02 Å². The Labute approximate surface area is 163 Å². The van der Waals surface area contributed by atoms with E-state index in [2.05, 4.69) is 5.32 Å². The molecule has 2 N–H and O–H groups in total. The van der Waals surface area contributed by atoms with E-state index in [0.29, 0.717) is 18.1 Å². The van der Waals surface area contributed by atoms with Crippen LogP contribution in [-0.2, 0) is 17.9 Å². The first-order valence-corrected chi connectivity index (χ1v) is 8.94. The smallest absolute Gasteiger partial charge is 0.339 e. The van der Waals surface area contributed by atoms with Gasteiger partial charge >= 0.3 is 5.97 Å². The van der Waals surface area contributed by atoms with Crippen molar-refractivity contribution in [3.05, 3.63) is 64.2 Å². The molecule has 144 valence electrons. The summed E-state index contributed by atoms with van der Waals surface area (Å²) in [6, 6.07) is 12.3. The molecule has 2 aromatic carbocycles. The minimum Gasteiger partial charge on any atom is -0.496 e. The molecule has 0 aliphatic carbocycles. The Hall–Kier alpha value is -2.57. The summed E-state index contributed by atoms with van der Waals surface area (Å²) in [7, 11) is 1.42. The Morgan fingerprint density at radius 2 is 1.81 bits per heavy atom. The molecular formula is C20H23ClN2O4. The minimum atomic E-state index is -1.05. The monoisotopic (exact) mass is 390 g/mol. The number of nitrogens with zero attached hydrogens (tertiary/aromatic N) is 1. The van der Waals surface area contributed by atoms with Crippen LogP contribution in [0.4, 0.5) is 0 Å². The second-order valence-corrected chi connectivity index (χ2v) is 6.48. The van der Waals surface area contributed by atoms with Crippen molar-refractivity contribution in [2.45, 2.75) is 20.0 Å². The van der Waals surface area contributed by atoms with Gasteiger partial charge in [-0.2, -0.15) is 0 Å². The average Bonchev–Trinajstić information content (AvgIpc) is 2.67. The lowest BCUT2D eigenvalue weighted by molar-refractivity contribution is -0.122. The van der Waals surface area contributed by atoms with E-state index in [1.165, 1.54) is 13.2 Å². The predicted octanol–water partition coefficient (Wildman–Crippen LogP) is 3.19. The fourth-order valence-corrected chi connectivity index (χ4v) is 2.74. The number of ether oxygens (including phenoxy) is 1. The van der Waals surface area contributed by atoms with Gasteiger partial charge in [0, 0.05) is 18.1 Å². The van der Waals surface area contributed by atoms with E-state index in [0.717, 1.165) is 17.7 Å². The van der Waals surface area contributed by atoms with Gasteiger partial charge in [-0.1, -0.05) is 36.7 Å². The van der Waals surface area contributed by atoms with E-state index in [4.69, 9.17) is 21.4 Å². The Morgan fingerprint density at radius 1 is 1.15 bits per heavy atom. The third-order valence-corrected chi connectivity index (χ3v) is 4.37. The maximum atomic E-state index is 12.3. The zero-order chi connectivity index (χ0) is 19.8. The number of benzene rings is 2. The van der Waals surface area contributed by atoms with Crippen molar-refractivity contribution in [1.29, 1.82) is 0 Å². The van der Waals surface area contributed by atoms with E-state index in [1.54, 1.807) is 12.1 Å². The molecule has 0 aromatic heterocycles. The molecule has 1 amide bonds. The number of carboxylic acid groups (broad SMARTS) is 1. The number of nitrogens with one attached hydrogen (secondary N) is 1. The van der Waals surface area contributed by atoms with Gasteiger partial charge in [0.25, 0.3) is 0 Å². The number of halogens is 1. The van der Waals surface area contributed by atoms with Gasteiger partial charge in [-0.15, -0.1) is 0 Å². The molecule has 0 saturated heterocycles. The number of likely N-dealkylation sites (N-methyl/N-ethyl adjacent to an activating group) is 1. The number of carboxylic acids is 1. The van der Waals surface area contributed by atoms with E-state index in [1.807, 2.05) is 36.1 Å². The highest BCUT2D eigenvalue weighted by Gasteiger charge is 2.13. The Morgan fingerprint density at radius 3 is 2.41 bits per heavy atom. The van der Waals surface area contributed by atoms with Crippen molar-refractivity contribution < 1.29 is 19.4 Å². The molecule has 7 heteroatoms. The third kappa shape index (κ3) is 6.27. The molecule has 2 aromatic rings. The SMILES string of the molecule is CCN(CC(=O)NCc1ccc(C(=O)O)c(OC)c1)Cc1ccc(Cl)cc1. The summed E-state index contributed by atoms with van der Waals surface area (Å²) < 4.78 is 5.10. The summed E-state index contributed by atoms with van der Waals surface area (Å²) in [6.07, 6.45) is 0. The maximum Gasteiger partial charge on any atom is 0.339 e. The summed E-state index contributed by atoms with van der Waals surface area (Å²) in [4.78, 5) is 25.4. The van der Waals surface area contributed by atoms with Crippen LogP contribution in [-0.4, -0.2) is 42.1 Å². The summed E-state index contributed by atoms with van der Waals surface area (Å²) in [5, 5.41) is 12.6. The highest BCUT2D eigenvalue weighted by molar-refractivity contribution is 6.30. The molecule has 6 nitrogen and oxygen atoms in total. The number of aromatic carboxylic acids is 1. The van der Waals surface area contributed by atoms with Crippen molar-refractivity contribution >= 4 is 23.5 Å². The van der Waals surface area contributed by atoms with E-state index in [-0.39, 0.29) is 23.8 Å². The second-order valence-electron chi connectivity index (χ2n) is 6.05. The van der Waals surface area contributed by atoms with Gasteiger partial charge < -0.3 is 15.2 Å². The second kappa shape index (κ2) is 9.94. The van der Waals surface area contributed by atoms with E-state index in [9.17, 15) is 9.59 Å². The minimum absolute atomic E-state index is 0.0905. The molecular weight excluding hydrogens is 368 g/mol. The first-order chi connectivity index (χ1) is 12.9. The van der Waals surface area contributed by atoms with Gasteiger partial charge in [0.2, 0.25) is 5.91 Å². The Kier molecular flexibility index (Phi) is 7.64. The van der Waals surface area contributed by atoms with Crippen LogP contribution in [0.25, 0.3) is 0 Å². The average molecular weight is 391 g/mol. The Balaban J connectivity index is 1.90. The molecule has 0 radical (unpaired) electrons. The summed E-state index contributed by atoms with van der Waals surface area (Å²) >= 11 is 5.90. The highest BCUT2D eigenvalue weighted by atomic mass is 35.5. The van der Waals surface area contributed by atoms with Gasteiger partial charge in [0.05, 0.1) is 13.7 Å². The van der Waals surface area contributed by atoms with Gasteiger partial charge in [-0.05, 0) is 41.9 Å². The van der Waals surface area contributed by atoms with Crippen molar-refractivity contribution in [2.24, 2.45) is 0 Å². The number of methoxy groups -OCH3 is 1. The van der Waals surface area contributed by atoms with Crippen molar-refractivity contribution in [3.63, 3.8) is 0 Å². The third-order valence-electron chi connectivity index (χ3n) is 4.12. The zero-order valence-corrected chi connectivity index (χ0v) is 16.1. The van der Waals surface area contributed by atoms with E-state index < -0.39 is 5.97 Å². The summed E-state index contributed by atoms with van der Waals surface area (Å²) in [5.41, 5.74) is 1.95. The molecule has 0 saturated carbocycles. The van der Waals surface area contributed by atoms with Crippen LogP contribution < -0.4 is 10.1 Å². The molecule has 0 aliphatic heterocycles. The van der Waals surface area contributed by atoms with Crippen LogP contribution in [0.5, 0.6) is 5.75 Å². The van der Waals surface area contributed by atoms with Crippen LogP contribution in [0, 0.1) is 0 Å². The lowest BCUT2D eigenvalue weighted by Crippen LogP contribution is -2.36. The number of rotatable bonds is 9.